The largest absolute Gasteiger partial charge is 0.355 e. The smallest absolute Gasteiger partial charge is 0.226 e. The van der Waals surface area contributed by atoms with Crippen LogP contribution in [0.4, 0.5) is 0 Å². The van der Waals surface area contributed by atoms with Crippen LogP contribution >= 0.6 is 11.3 Å². The third-order valence-electron chi connectivity index (χ3n) is 5.26. The molecule has 1 amide bonds. The van der Waals surface area contributed by atoms with Gasteiger partial charge in [0.2, 0.25) is 5.91 Å². The van der Waals surface area contributed by atoms with E-state index in [1.54, 1.807) is 17.5 Å². The fraction of sp³-hybridized carbons (Fsp3) is 0.381. The average molecular weight is 366 g/mol. The summed E-state index contributed by atoms with van der Waals surface area (Å²) in [5.74, 6) is 0.185. The molecule has 2 heterocycles. The molecule has 1 aliphatic rings. The van der Waals surface area contributed by atoms with Gasteiger partial charge in [0, 0.05) is 31.3 Å². The lowest BCUT2D eigenvalue weighted by Crippen LogP contribution is -2.41. The van der Waals surface area contributed by atoms with Crippen LogP contribution < -0.4 is 5.32 Å². The van der Waals surface area contributed by atoms with Crippen molar-refractivity contribution in [2.24, 2.45) is 5.41 Å². The zero-order valence-corrected chi connectivity index (χ0v) is 15.6. The molecule has 1 aromatic carbocycles. The molecule has 1 fully saturated rings. The topological polar surface area (TPSA) is 54.9 Å². The van der Waals surface area contributed by atoms with Crippen molar-refractivity contribution in [1.29, 1.82) is 0 Å². The van der Waals surface area contributed by atoms with Gasteiger partial charge in [0.15, 0.2) is 0 Å². The maximum atomic E-state index is 13.0. The van der Waals surface area contributed by atoms with Crippen molar-refractivity contribution in [3.05, 3.63) is 59.4 Å². The van der Waals surface area contributed by atoms with Crippen molar-refractivity contribution < 1.29 is 4.79 Å². The third kappa shape index (κ3) is 3.63. The Bertz CT molecular complexity index is 851. The highest BCUT2D eigenvalue weighted by Gasteiger charge is 2.41. The van der Waals surface area contributed by atoms with Crippen molar-refractivity contribution in [2.45, 2.75) is 38.5 Å². The number of para-hydroxylation sites is 1. The molecule has 1 N–H and O–H groups in total. The molecule has 0 bridgehead atoms. The van der Waals surface area contributed by atoms with E-state index in [9.17, 15) is 4.79 Å². The van der Waals surface area contributed by atoms with Crippen molar-refractivity contribution in [2.75, 3.05) is 6.54 Å². The van der Waals surface area contributed by atoms with E-state index in [1.807, 2.05) is 36.4 Å². The standard InChI is InChI=1S/C21H23N3OS/c25-20(23-14-10-16-7-3-6-13-22-16)21(11-4-5-12-21)15-19-24-17-8-1-2-9-18(17)26-19/h1-3,6-9,13H,4-5,10-12,14-15H2,(H,23,25). The number of benzene rings is 1. The molecule has 0 aliphatic heterocycles. The lowest BCUT2D eigenvalue weighted by Gasteiger charge is -2.26. The van der Waals surface area contributed by atoms with Crippen LogP contribution in [0, 0.1) is 5.41 Å². The number of aromatic nitrogens is 2. The Balaban J connectivity index is 1.44. The van der Waals surface area contributed by atoms with E-state index in [1.165, 1.54) is 4.70 Å². The Kier molecular flexibility index (Phi) is 4.98. The number of carbonyl (C=O) groups excluding carboxylic acids is 1. The predicted octanol–water partition coefficient (Wildman–Crippen LogP) is 4.15. The number of hydrogen-bond donors (Lipinski definition) is 1. The lowest BCUT2D eigenvalue weighted by molar-refractivity contribution is -0.130. The van der Waals surface area contributed by atoms with E-state index in [4.69, 9.17) is 4.98 Å². The number of nitrogens with one attached hydrogen (secondary N) is 1. The third-order valence-corrected chi connectivity index (χ3v) is 6.30. The number of amides is 1. The minimum Gasteiger partial charge on any atom is -0.355 e. The zero-order chi connectivity index (χ0) is 17.8. The lowest BCUT2D eigenvalue weighted by atomic mass is 9.82. The summed E-state index contributed by atoms with van der Waals surface area (Å²) < 4.78 is 1.20. The number of fused-ring (bicyclic) bond motifs is 1. The number of pyridine rings is 1. The maximum Gasteiger partial charge on any atom is 0.226 e. The van der Waals surface area contributed by atoms with E-state index < -0.39 is 0 Å². The summed E-state index contributed by atoms with van der Waals surface area (Å²) in [4.78, 5) is 22.1. The van der Waals surface area contributed by atoms with Crippen LogP contribution in [0.3, 0.4) is 0 Å². The molecular formula is C21H23N3OS. The SMILES string of the molecule is O=C(NCCc1ccccn1)C1(Cc2nc3ccccc3s2)CCCC1. The van der Waals surface area contributed by atoms with Crippen LogP contribution in [0.25, 0.3) is 10.2 Å². The summed E-state index contributed by atoms with van der Waals surface area (Å²) in [6.07, 6.45) is 7.47. The molecule has 0 unspecified atom stereocenters. The predicted molar refractivity (Wildman–Crippen MR) is 105 cm³/mol. The van der Waals surface area contributed by atoms with Crippen LogP contribution in [0.5, 0.6) is 0 Å². The molecule has 5 heteroatoms. The summed E-state index contributed by atoms with van der Waals surface area (Å²) in [5, 5.41) is 4.24. The van der Waals surface area contributed by atoms with Crippen LogP contribution in [0.2, 0.25) is 0 Å². The quantitative estimate of drug-likeness (QED) is 0.714. The first-order chi connectivity index (χ1) is 12.8. The van der Waals surface area contributed by atoms with E-state index in [0.29, 0.717) is 6.54 Å². The van der Waals surface area contributed by atoms with Crippen molar-refractivity contribution in [3.8, 4) is 0 Å². The van der Waals surface area contributed by atoms with Crippen LogP contribution in [0.15, 0.2) is 48.7 Å². The number of thiazole rings is 1. The van der Waals surface area contributed by atoms with Crippen LogP contribution in [0.1, 0.15) is 36.4 Å². The Morgan fingerprint density at radius 2 is 1.92 bits per heavy atom. The van der Waals surface area contributed by atoms with Gasteiger partial charge in [-0.05, 0) is 37.1 Å². The fourth-order valence-corrected chi connectivity index (χ4v) is 4.97. The average Bonchev–Trinajstić information content (AvgIpc) is 3.30. The summed E-state index contributed by atoms with van der Waals surface area (Å²) >= 11 is 1.72. The molecule has 4 rings (SSSR count). The Hall–Kier alpha value is -2.27. The second-order valence-electron chi connectivity index (χ2n) is 7.07. The first-order valence-electron chi connectivity index (χ1n) is 9.28. The molecule has 0 saturated heterocycles. The fourth-order valence-electron chi connectivity index (χ4n) is 3.86. The van der Waals surface area contributed by atoms with E-state index in [0.717, 1.165) is 54.7 Å². The zero-order valence-electron chi connectivity index (χ0n) is 14.8. The van der Waals surface area contributed by atoms with Gasteiger partial charge >= 0.3 is 0 Å². The van der Waals surface area contributed by atoms with Gasteiger partial charge in [0.05, 0.1) is 20.6 Å². The van der Waals surface area contributed by atoms with Gasteiger partial charge in [-0.15, -0.1) is 11.3 Å². The minimum atomic E-state index is -0.294. The second-order valence-corrected chi connectivity index (χ2v) is 8.18. The van der Waals surface area contributed by atoms with Gasteiger partial charge < -0.3 is 5.32 Å². The van der Waals surface area contributed by atoms with Gasteiger partial charge in [-0.2, -0.15) is 0 Å². The molecule has 4 nitrogen and oxygen atoms in total. The summed E-state index contributed by atoms with van der Waals surface area (Å²) in [6, 6.07) is 14.1. The summed E-state index contributed by atoms with van der Waals surface area (Å²) in [5.41, 5.74) is 1.76. The van der Waals surface area contributed by atoms with Gasteiger partial charge in [0.1, 0.15) is 0 Å². The highest BCUT2D eigenvalue weighted by atomic mass is 32.1. The molecule has 134 valence electrons. The van der Waals surface area contributed by atoms with Crippen LogP contribution in [-0.2, 0) is 17.6 Å². The maximum absolute atomic E-state index is 13.0. The highest BCUT2D eigenvalue weighted by Crippen LogP contribution is 2.42. The number of hydrogen-bond acceptors (Lipinski definition) is 4. The van der Waals surface area contributed by atoms with Crippen molar-refractivity contribution in [3.63, 3.8) is 0 Å². The van der Waals surface area contributed by atoms with Crippen LogP contribution in [-0.4, -0.2) is 22.4 Å². The minimum absolute atomic E-state index is 0.185. The number of carbonyl (C=O) groups is 1. The van der Waals surface area contributed by atoms with E-state index in [-0.39, 0.29) is 11.3 Å². The van der Waals surface area contributed by atoms with Crippen molar-refractivity contribution in [1.82, 2.24) is 15.3 Å². The number of rotatable bonds is 6. The molecule has 1 aliphatic carbocycles. The first-order valence-corrected chi connectivity index (χ1v) is 10.1. The molecule has 0 spiro atoms. The van der Waals surface area contributed by atoms with Gasteiger partial charge in [-0.1, -0.05) is 31.0 Å². The van der Waals surface area contributed by atoms with Gasteiger partial charge in [-0.25, -0.2) is 4.98 Å². The molecule has 3 aromatic rings. The second kappa shape index (κ2) is 7.54. The van der Waals surface area contributed by atoms with E-state index >= 15 is 0 Å². The number of nitrogens with zero attached hydrogens (tertiary/aromatic N) is 2. The first kappa shape index (κ1) is 17.2. The van der Waals surface area contributed by atoms with Gasteiger partial charge in [-0.3, -0.25) is 9.78 Å². The van der Waals surface area contributed by atoms with Gasteiger partial charge in [0.25, 0.3) is 0 Å². The summed E-state index contributed by atoms with van der Waals surface area (Å²) in [7, 11) is 0. The molecular weight excluding hydrogens is 342 g/mol. The normalized spacial score (nSPS) is 16.0. The van der Waals surface area contributed by atoms with E-state index in [2.05, 4.69) is 16.4 Å². The van der Waals surface area contributed by atoms with Crippen molar-refractivity contribution >= 4 is 27.5 Å². The Morgan fingerprint density at radius 1 is 1.12 bits per heavy atom. The molecule has 26 heavy (non-hydrogen) atoms. The highest BCUT2D eigenvalue weighted by molar-refractivity contribution is 7.18. The summed E-state index contributed by atoms with van der Waals surface area (Å²) in [6.45, 7) is 0.636. The molecule has 0 atom stereocenters. The molecule has 0 radical (unpaired) electrons. The Labute approximate surface area is 157 Å². The Morgan fingerprint density at radius 3 is 2.69 bits per heavy atom. The monoisotopic (exact) mass is 365 g/mol. The molecule has 1 saturated carbocycles. The molecule has 2 aromatic heterocycles.